The summed E-state index contributed by atoms with van der Waals surface area (Å²) in [6.45, 7) is 0. The molecule has 0 unspecified atom stereocenters. The topological polar surface area (TPSA) is 59.4 Å². The number of hydrogen-bond donors (Lipinski definition) is 1. The van der Waals surface area contributed by atoms with Crippen LogP contribution in [0.4, 0.5) is 0 Å². The molecule has 1 aromatic carbocycles. The number of hydrogen-bond acceptors (Lipinski definition) is 4. The molecule has 122 valence electrons. The number of esters is 1. The first-order chi connectivity index (χ1) is 11.0. The maximum Gasteiger partial charge on any atom is 0.305 e. The molecule has 2 atom stereocenters. The Morgan fingerprint density at radius 1 is 1.17 bits per heavy atom. The molecule has 0 bridgehead atoms. The van der Waals surface area contributed by atoms with E-state index >= 15 is 0 Å². The van der Waals surface area contributed by atoms with E-state index in [1.54, 1.807) is 36.5 Å². The molecule has 23 heavy (non-hydrogen) atoms. The fraction of sp³-hybridized carbons (Fsp3) is 0.294. The molecule has 0 spiro atoms. The van der Waals surface area contributed by atoms with Gasteiger partial charge in [0.2, 0.25) is 0 Å². The highest BCUT2D eigenvalue weighted by molar-refractivity contribution is 6.30. The normalized spacial score (nSPS) is 13.4. The molecule has 0 radical (unpaired) electrons. The molecule has 1 aromatic heterocycles. The molecule has 0 aliphatic rings. The zero-order valence-corrected chi connectivity index (χ0v) is 14.1. The van der Waals surface area contributed by atoms with E-state index in [1.165, 1.54) is 13.3 Å². The van der Waals surface area contributed by atoms with Gasteiger partial charge in [-0.2, -0.15) is 0 Å². The fourth-order valence-corrected chi connectivity index (χ4v) is 2.71. The summed E-state index contributed by atoms with van der Waals surface area (Å²) in [5.74, 6) is -0.658. The number of rotatable bonds is 6. The number of pyridine rings is 1. The van der Waals surface area contributed by atoms with Crippen molar-refractivity contribution in [2.75, 3.05) is 7.11 Å². The Hall–Kier alpha value is -1.62. The van der Waals surface area contributed by atoms with Gasteiger partial charge in [0, 0.05) is 29.8 Å². The highest BCUT2D eigenvalue weighted by Gasteiger charge is 2.24. The lowest BCUT2D eigenvalue weighted by molar-refractivity contribution is -0.140. The van der Waals surface area contributed by atoms with Crippen LogP contribution in [0.5, 0.6) is 0 Å². The molecule has 0 saturated carbocycles. The van der Waals surface area contributed by atoms with Gasteiger partial charge in [-0.1, -0.05) is 35.3 Å². The number of carbonyl (C=O) groups excluding carboxylic acids is 1. The third-order valence-corrected chi connectivity index (χ3v) is 4.09. The maximum absolute atomic E-state index is 11.5. The minimum atomic E-state index is -0.808. The number of nitrogens with zero attached hydrogens (tertiary/aromatic N) is 1. The third kappa shape index (κ3) is 4.93. The number of aliphatic hydroxyl groups excluding tert-OH is 1. The Labute approximate surface area is 145 Å². The van der Waals surface area contributed by atoms with Crippen LogP contribution in [0.1, 0.15) is 36.0 Å². The molecule has 0 saturated heterocycles. The number of aliphatic hydroxyl groups is 1. The average molecular weight is 354 g/mol. The number of ether oxygens (including phenoxy) is 1. The Morgan fingerprint density at radius 2 is 1.87 bits per heavy atom. The van der Waals surface area contributed by atoms with Crippen molar-refractivity contribution >= 4 is 29.2 Å². The van der Waals surface area contributed by atoms with Gasteiger partial charge in [0.05, 0.1) is 18.2 Å². The van der Waals surface area contributed by atoms with E-state index in [0.717, 1.165) is 5.56 Å². The van der Waals surface area contributed by atoms with Crippen LogP contribution in [0.15, 0.2) is 42.7 Å². The van der Waals surface area contributed by atoms with Crippen molar-refractivity contribution in [2.24, 2.45) is 0 Å². The average Bonchev–Trinajstić information content (AvgIpc) is 2.55. The molecule has 1 heterocycles. The molecule has 2 rings (SSSR count). The van der Waals surface area contributed by atoms with Gasteiger partial charge in [0.15, 0.2) is 0 Å². The Balaban J connectivity index is 2.28. The summed E-state index contributed by atoms with van der Waals surface area (Å²) in [5.41, 5.74) is 1.48. The van der Waals surface area contributed by atoms with Crippen LogP contribution in [0.25, 0.3) is 0 Å². The van der Waals surface area contributed by atoms with Crippen molar-refractivity contribution in [1.82, 2.24) is 4.98 Å². The SMILES string of the molecule is COC(=O)CC[C@@H](c1cncc(Cl)c1)[C@H](O)c1ccc(Cl)cc1. The summed E-state index contributed by atoms with van der Waals surface area (Å²) in [6.07, 6.45) is 2.97. The van der Waals surface area contributed by atoms with E-state index in [4.69, 9.17) is 23.2 Å². The van der Waals surface area contributed by atoms with Gasteiger partial charge in [-0.15, -0.1) is 0 Å². The van der Waals surface area contributed by atoms with Crippen molar-refractivity contribution in [1.29, 1.82) is 0 Å². The largest absolute Gasteiger partial charge is 0.469 e. The van der Waals surface area contributed by atoms with Crippen molar-refractivity contribution in [3.05, 3.63) is 63.9 Å². The summed E-state index contributed by atoms with van der Waals surface area (Å²) in [6, 6.07) is 8.70. The molecule has 0 fully saturated rings. The van der Waals surface area contributed by atoms with Gasteiger partial charge in [0.1, 0.15) is 0 Å². The van der Waals surface area contributed by atoms with Crippen LogP contribution < -0.4 is 0 Å². The standard InChI is InChI=1S/C17H17Cl2NO3/c1-23-16(21)7-6-15(12-8-14(19)10-20-9-12)17(22)11-2-4-13(18)5-3-11/h2-5,8-10,15,17,22H,6-7H2,1H3/t15-,17+/m0/s1. The predicted molar refractivity (Wildman–Crippen MR) is 89.6 cm³/mol. The van der Waals surface area contributed by atoms with Crippen molar-refractivity contribution in [3.8, 4) is 0 Å². The molecule has 2 aromatic rings. The minimum absolute atomic E-state index is 0.193. The summed E-state index contributed by atoms with van der Waals surface area (Å²) in [7, 11) is 1.34. The zero-order chi connectivity index (χ0) is 16.8. The number of carbonyl (C=O) groups is 1. The monoisotopic (exact) mass is 353 g/mol. The van der Waals surface area contributed by atoms with Gasteiger partial charge >= 0.3 is 5.97 Å². The molecule has 4 nitrogen and oxygen atoms in total. The quantitative estimate of drug-likeness (QED) is 0.792. The van der Waals surface area contributed by atoms with Gasteiger partial charge in [-0.3, -0.25) is 9.78 Å². The lowest BCUT2D eigenvalue weighted by Crippen LogP contribution is -2.14. The van der Waals surface area contributed by atoms with Crippen LogP contribution in [-0.4, -0.2) is 23.2 Å². The van der Waals surface area contributed by atoms with Gasteiger partial charge < -0.3 is 9.84 Å². The van der Waals surface area contributed by atoms with E-state index in [-0.39, 0.29) is 18.3 Å². The fourth-order valence-electron chi connectivity index (χ4n) is 2.41. The number of methoxy groups -OCH3 is 1. The smallest absolute Gasteiger partial charge is 0.305 e. The van der Waals surface area contributed by atoms with Crippen molar-refractivity contribution in [2.45, 2.75) is 24.9 Å². The molecule has 6 heteroatoms. The molecular weight excluding hydrogens is 337 g/mol. The third-order valence-electron chi connectivity index (χ3n) is 3.63. The van der Waals surface area contributed by atoms with Crippen molar-refractivity contribution < 1.29 is 14.6 Å². The summed E-state index contributed by atoms with van der Waals surface area (Å²) < 4.78 is 4.68. The lowest BCUT2D eigenvalue weighted by Gasteiger charge is -2.23. The summed E-state index contributed by atoms with van der Waals surface area (Å²) in [5, 5.41) is 11.8. The zero-order valence-electron chi connectivity index (χ0n) is 12.6. The van der Waals surface area contributed by atoms with Crippen molar-refractivity contribution in [3.63, 3.8) is 0 Å². The Bertz CT molecular complexity index is 661. The summed E-state index contributed by atoms with van der Waals surface area (Å²) >= 11 is 11.9. The number of halogens is 2. The van der Waals surface area contributed by atoms with E-state index in [9.17, 15) is 9.90 Å². The second-order valence-corrected chi connectivity index (χ2v) is 6.03. The molecule has 0 aliphatic heterocycles. The van der Waals surface area contributed by atoms with E-state index in [1.807, 2.05) is 0 Å². The van der Waals surface area contributed by atoms with Gasteiger partial charge in [-0.25, -0.2) is 0 Å². The molecule has 0 aliphatic carbocycles. The first kappa shape index (κ1) is 17.7. The number of aromatic nitrogens is 1. The minimum Gasteiger partial charge on any atom is -0.469 e. The second-order valence-electron chi connectivity index (χ2n) is 5.15. The summed E-state index contributed by atoms with van der Waals surface area (Å²) in [4.78, 5) is 15.5. The van der Waals surface area contributed by atoms with Crippen LogP contribution in [0.2, 0.25) is 10.0 Å². The lowest BCUT2D eigenvalue weighted by atomic mass is 9.86. The Kier molecular flexibility index (Phi) is 6.39. The predicted octanol–water partition coefficient (Wildman–Crippen LogP) is 4.16. The van der Waals surface area contributed by atoms with E-state index < -0.39 is 6.10 Å². The highest BCUT2D eigenvalue weighted by atomic mass is 35.5. The van der Waals surface area contributed by atoms with Gasteiger partial charge in [-0.05, 0) is 35.7 Å². The first-order valence-electron chi connectivity index (χ1n) is 7.12. The van der Waals surface area contributed by atoms with Crippen LogP contribution >= 0.6 is 23.2 Å². The van der Waals surface area contributed by atoms with Gasteiger partial charge in [0.25, 0.3) is 0 Å². The van der Waals surface area contributed by atoms with E-state index in [0.29, 0.717) is 22.0 Å². The molecular formula is C17H17Cl2NO3. The molecule has 0 amide bonds. The first-order valence-corrected chi connectivity index (χ1v) is 7.87. The van der Waals surface area contributed by atoms with Crippen LogP contribution in [-0.2, 0) is 9.53 Å². The highest BCUT2D eigenvalue weighted by Crippen LogP contribution is 2.35. The molecule has 1 N–H and O–H groups in total. The van der Waals surface area contributed by atoms with E-state index in [2.05, 4.69) is 9.72 Å². The second kappa shape index (κ2) is 8.29. The maximum atomic E-state index is 11.5. The number of benzene rings is 1. The van der Waals surface area contributed by atoms with Crippen LogP contribution in [0.3, 0.4) is 0 Å². The van der Waals surface area contributed by atoms with Crippen LogP contribution in [0, 0.1) is 0 Å². The Morgan fingerprint density at radius 3 is 2.48 bits per heavy atom.